The molecule has 21 heavy (non-hydrogen) atoms. The van der Waals surface area contributed by atoms with Crippen LogP contribution in [0.25, 0.3) is 0 Å². The first-order valence-electron chi connectivity index (χ1n) is 6.66. The summed E-state index contributed by atoms with van der Waals surface area (Å²) >= 11 is 0. The van der Waals surface area contributed by atoms with Crippen LogP contribution < -0.4 is 9.47 Å². The Hall–Kier alpha value is -2.28. The van der Waals surface area contributed by atoms with Gasteiger partial charge in [0.25, 0.3) is 0 Å². The molecule has 112 valence electrons. The number of hydrogen-bond acceptors (Lipinski definition) is 7. The zero-order chi connectivity index (χ0) is 14.9. The SMILES string of the molecule is Cc1nccnc1OCCOCCOc1nccnc1C. The minimum Gasteiger partial charge on any atom is -0.474 e. The Kier molecular flexibility index (Phi) is 5.83. The fourth-order valence-electron chi connectivity index (χ4n) is 1.57. The fourth-order valence-corrected chi connectivity index (χ4v) is 1.57. The standard InChI is InChI=1S/C14H18N4O3/c1-11-13(17-5-3-15-11)20-9-7-19-8-10-21-14-12(2)16-4-6-18-14/h3-6H,7-10H2,1-2H3. The molecule has 0 aliphatic heterocycles. The zero-order valence-corrected chi connectivity index (χ0v) is 12.2. The van der Waals surface area contributed by atoms with E-state index in [1.165, 1.54) is 0 Å². The van der Waals surface area contributed by atoms with Crippen molar-refractivity contribution in [1.82, 2.24) is 19.9 Å². The molecule has 0 fully saturated rings. The van der Waals surface area contributed by atoms with Crippen LogP contribution in [0.3, 0.4) is 0 Å². The lowest BCUT2D eigenvalue weighted by Gasteiger charge is -2.09. The molecule has 2 aromatic rings. The molecular formula is C14H18N4O3. The number of aromatic nitrogens is 4. The summed E-state index contributed by atoms with van der Waals surface area (Å²) in [7, 11) is 0. The van der Waals surface area contributed by atoms with E-state index in [9.17, 15) is 0 Å². The van der Waals surface area contributed by atoms with Gasteiger partial charge in [0.2, 0.25) is 11.8 Å². The number of nitrogens with zero attached hydrogens (tertiary/aromatic N) is 4. The van der Waals surface area contributed by atoms with E-state index in [0.29, 0.717) is 38.2 Å². The molecule has 2 aromatic heterocycles. The summed E-state index contributed by atoms with van der Waals surface area (Å²) in [6.07, 6.45) is 6.45. The second-order valence-corrected chi connectivity index (χ2v) is 4.20. The average Bonchev–Trinajstić information content (AvgIpc) is 2.50. The molecule has 0 saturated heterocycles. The van der Waals surface area contributed by atoms with Crippen molar-refractivity contribution >= 4 is 0 Å². The summed E-state index contributed by atoms with van der Waals surface area (Å²) in [4.78, 5) is 16.3. The third-order valence-corrected chi connectivity index (χ3v) is 2.61. The third kappa shape index (κ3) is 4.96. The molecule has 7 nitrogen and oxygen atoms in total. The predicted molar refractivity (Wildman–Crippen MR) is 75.3 cm³/mol. The van der Waals surface area contributed by atoms with Gasteiger partial charge in [0.05, 0.1) is 24.6 Å². The zero-order valence-electron chi connectivity index (χ0n) is 12.2. The first-order valence-corrected chi connectivity index (χ1v) is 6.66. The van der Waals surface area contributed by atoms with Crippen LogP contribution in [0.1, 0.15) is 11.4 Å². The quantitative estimate of drug-likeness (QED) is 0.679. The van der Waals surface area contributed by atoms with Gasteiger partial charge in [-0.25, -0.2) is 9.97 Å². The predicted octanol–water partition coefficient (Wildman–Crippen LogP) is 1.36. The van der Waals surface area contributed by atoms with Crippen molar-refractivity contribution in [2.24, 2.45) is 0 Å². The van der Waals surface area contributed by atoms with Crippen molar-refractivity contribution in [3.63, 3.8) is 0 Å². The van der Waals surface area contributed by atoms with Crippen LogP contribution in [0.15, 0.2) is 24.8 Å². The van der Waals surface area contributed by atoms with Gasteiger partial charge >= 0.3 is 0 Å². The Bertz CT molecular complexity index is 516. The highest BCUT2D eigenvalue weighted by molar-refractivity contribution is 5.15. The van der Waals surface area contributed by atoms with Crippen molar-refractivity contribution in [2.45, 2.75) is 13.8 Å². The number of rotatable bonds is 8. The normalized spacial score (nSPS) is 10.4. The lowest BCUT2D eigenvalue weighted by molar-refractivity contribution is 0.0736. The summed E-state index contributed by atoms with van der Waals surface area (Å²) in [5.41, 5.74) is 1.53. The molecule has 0 amide bonds. The van der Waals surface area contributed by atoms with Crippen molar-refractivity contribution in [3.8, 4) is 11.8 Å². The molecule has 0 aliphatic carbocycles. The Morgan fingerprint density at radius 3 is 1.52 bits per heavy atom. The number of aryl methyl sites for hydroxylation is 2. The molecule has 0 aromatic carbocycles. The Morgan fingerprint density at radius 2 is 1.10 bits per heavy atom. The molecule has 2 heterocycles. The number of ether oxygens (including phenoxy) is 3. The Balaban J connectivity index is 1.57. The maximum absolute atomic E-state index is 5.46. The lowest BCUT2D eigenvalue weighted by atomic mass is 10.5. The Labute approximate surface area is 123 Å². The molecule has 0 aliphatic rings. The molecule has 2 rings (SSSR count). The van der Waals surface area contributed by atoms with Gasteiger partial charge in [-0.1, -0.05) is 0 Å². The van der Waals surface area contributed by atoms with E-state index in [-0.39, 0.29) is 0 Å². The van der Waals surface area contributed by atoms with E-state index in [1.54, 1.807) is 24.8 Å². The third-order valence-electron chi connectivity index (χ3n) is 2.61. The van der Waals surface area contributed by atoms with Crippen LogP contribution in [0, 0.1) is 13.8 Å². The molecule has 0 N–H and O–H groups in total. The van der Waals surface area contributed by atoms with Crippen LogP contribution in [0.2, 0.25) is 0 Å². The van der Waals surface area contributed by atoms with Gasteiger partial charge in [-0.3, -0.25) is 9.97 Å². The summed E-state index contributed by atoms with van der Waals surface area (Å²) in [5.74, 6) is 1.07. The lowest BCUT2D eigenvalue weighted by Crippen LogP contribution is -2.13. The summed E-state index contributed by atoms with van der Waals surface area (Å²) in [5, 5.41) is 0. The maximum atomic E-state index is 5.46. The van der Waals surface area contributed by atoms with Gasteiger partial charge < -0.3 is 14.2 Å². The van der Waals surface area contributed by atoms with E-state index >= 15 is 0 Å². The smallest absolute Gasteiger partial charge is 0.235 e. The van der Waals surface area contributed by atoms with Gasteiger partial charge in [-0.15, -0.1) is 0 Å². The minimum absolute atomic E-state index is 0.420. The highest BCUT2D eigenvalue weighted by atomic mass is 16.5. The second-order valence-electron chi connectivity index (χ2n) is 4.20. The minimum atomic E-state index is 0.420. The van der Waals surface area contributed by atoms with Crippen LogP contribution in [0.4, 0.5) is 0 Å². The van der Waals surface area contributed by atoms with Crippen LogP contribution in [-0.2, 0) is 4.74 Å². The van der Waals surface area contributed by atoms with E-state index < -0.39 is 0 Å². The van der Waals surface area contributed by atoms with Gasteiger partial charge in [-0.05, 0) is 13.8 Å². The van der Waals surface area contributed by atoms with E-state index in [0.717, 1.165) is 11.4 Å². The molecular weight excluding hydrogens is 272 g/mol. The molecule has 7 heteroatoms. The molecule has 0 saturated carbocycles. The first-order chi connectivity index (χ1) is 10.3. The summed E-state index contributed by atoms with van der Waals surface area (Å²) in [6.45, 7) is 5.45. The van der Waals surface area contributed by atoms with Crippen LogP contribution in [0.5, 0.6) is 11.8 Å². The molecule has 0 spiro atoms. The van der Waals surface area contributed by atoms with Crippen molar-refractivity contribution < 1.29 is 14.2 Å². The van der Waals surface area contributed by atoms with Crippen molar-refractivity contribution in [2.75, 3.05) is 26.4 Å². The van der Waals surface area contributed by atoms with E-state index in [2.05, 4.69) is 19.9 Å². The largest absolute Gasteiger partial charge is 0.474 e. The molecule has 0 atom stereocenters. The van der Waals surface area contributed by atoms with Crippen LogP contribution >= 0.6 is 0 Å². The van der Waals surface area contributed by atoms with Gasteiger partial charge in [0.1, 0.15) is 13.2 Å². The highest BCUT2D eigenvalue weighted by Crippen LogP contribution is 2.09. The molecule has 0 unspecified atom stereocenters. The molecule has 0 bridgehead atoms. The van der Waals surface area contributed by atoms with Crippen molar-refractivity contribution in [3.05, 3.63) is 36.2 Å². The summed E-state index contributed by atoms with van der Waals surface area (Å²) in [6, 6.07) is 0. The van der Waals surface area contributed by atoms with Gasteiger partial charge in [0.15, 0.2) is 0 Å². The van der Waals surface area contributed by atoms with Gasteiger partial charge in [0, 0.05) is 24.8 Å². The maximum Gasteiger partial charge on any atom is 0.235 e. The molecule has 0 radical (unpaired) electrons. The first kappa shape index (κ1) is 15.1. The van der Waals surface area contributed by atoms with Gasteiger partial charge in [-0.2, -0.15) is 0 Å². The highest BCUT2D eigenvalue weighted by Gasteiger charge is 2.02. The second kappa shape index (κ2) is 8.11. The number of hydrogen-bond donors (Lipinski definition) is 0. The average molecular weight is 290 g/mol. The topological polar surface area (TPSA) is 79.3 Å². The Morgan fingerprint density at radius 1 is 0.667 bits per heavy atom. The fraction of sp³-hybridized carbons (Fsp3) is 0.429. The monoisotopic (exact) mass is 290 g/mol. The van der Waals surface area contributed by atoms with E-state index in [4.69, 9.17) is 14.2 Å². The van der Waals surface area contributed by atoms with Crippen molar-refractivity contribution in [1.29, 1.82) is 0 Å². The van der Waals surface area contributed by atoms with Crippen LogP contribution in [-0.4, -0.2) is 46.4 Å². The summed E-state index contributed by atoms with van der Waals surface area (Å²) < 4.78 is 16.3. The van der Waals surface area contributed by atoms with E-state index in [1.807, 2.05) is 13.8 Å².